The smallest absolute Gasteiger partial charge is 0.255 e. The van der Waals surface area contributed by atoms with Crippen LogP contribution in [-0.2, 0) is 0 Å². The van der Waals surface area contributed by atoms with Gasteiger partial charge in [0.2, 0.25) is 5.95 Å². The lowest BCUT2D eigenvalue weighted by molar-refractivity contribution is 0.0746. The third-order valence-electron chi connectivity index (χ3n) is 5.52. The molecule has 2 fully saturated rings. The molecule has 2 aromatic rings. The van der Waals surface area contributed by atoms with Crippen molar-refractivity contribution >= 4 is 40.9 Å². The Balaban J connectivity index is 1.45. The van der Waals surface area contributed by atoms with Gasteiger partial charge in [-0.3, -0.25) is 4.79 Å². The summed E-state index contributed by atoms with van der Waals surface area (Å²) in [6, 6.07) is 7.05. The highest BCUT2D eigenvalue weighted by Crippen LogP contribution is 2.24. The molecule has 1 aromatic heterocycles. The van der Waals surface area contributed by atoms with Crippen molar-refractivity contribution in [3.63, 3.8) is 0 Å². The molecule has 0 bridgehead atoms. The number of anilines is 2. The van der Waals surface area contributed by atoms with Crippen LogP contribution >= 0.6 is 23.2 Å². The van der Waals surface area contributed by atoms with E-state index in [1.807, 2.05) is 11.8 Å². The van der Waals surface area contributed by atoms with E-state index in [1.165, 1.54) is 19.3 Å². The van der Waals surface area contributed by atoms with Crippen LogP contribution in [0.5, 0.6) is 0 Å². The zero-order valence-corrected chi connectivity index (χ0v) is 18.1. The van der Waals surface area contributed by atoms with Gasteiger partial charge in [0.25, 0.3) is 5.91 Å². The molecule has 2 aliphatic rings. The highest BCUT2D eigenvalue weighted by molar-refractivity contribution is 6.35. The number of nitrogens with zero attached hydrogens (tertiary/aromatic N) is 5. The van der Waals surface area contributed by atoms with Gasteiger partial charge in [-0.1, -0.05) is 23.2 Å². The number of hydrogen-bond acceptors (Lipinski definition) is 5. The predicted molar refractivity (Wildman–Crippen MR) is 117 cm³/mol. The summed E-state index contributed by atoms with van der Waals surface area (Å²) >= 11 is 12.2. The minimum atomic E-state index is -0.0867. The lowest BCUT2D eigenvalue weighted by Crippen LogP contribution is -2.49. The third-order valence-corrected chi connectivity index (χ3v) is 6.08. The van der Waals surface area contributed by atoms with Gasteiger partial charge in [0, 0.05) is 56.1 Å². The first-order valence-corrected chi connectivity index (χ1v) is 10.9. The van der Waals surface area contributed by atoms with Crippen molar-refractivity contribution in [2.75, 3.05) is 49.1 Å². The standard InChI is InChI=1S/C21H25Cl2N5O/c1-15-13-19(26-7-3-2-4-8-26)25-21(24-15)28-11-9-27(10-12-28)20(29)17-14-16(22)5-6-18(17)23/h5-6,13-14H,2-4,7-12H2,1H3. The molecular weight excluding hydrogens is 409 g/mol. The van der Waals surface area contributed by atoms with Gasteiger partial charge < -0.3 is 14.7 Å². The highest BCUT2D eigenvalue weighted by atomic mass is 35.5. The normalized spacial score (nSPS) is 17.6. The molecule has 1 amide bonds. The van der Waals surface area contributed by atoms with Crippen molar-refractivity contribution in [1.29, 1.82) is 0 Å². The second kappa shape index (κ2) is 8.76. The average Bonchev–Trinajstić information content (AvgIpc) is 2.75. The number of piperazine rings is 1. The van der Waals surface area contributed by atoms with E-state index in [0.717, 1.165) is 30.5 Å². The molecule has 0 unspecified atom stereocenters. The van der Waals surface area contributed by atoms with Crippen LogP contribution in [0.25, 0.3) is 0 Å². The summed E-state index contributed by atoms with van der Waals surface area (Å²) in [4.78, 5) is 28.7. The van der Waals surface area contributed by atoms with Gasteiger partial charge in [-0.25, -0.2) is 4.98 Å². The molecule has 6 nitrogen and oxygen atoms in total. The summed E-state index contributed by atoms with van der Waals surface area (Å²) in [7, 11) is 0. The average molecular weight is 434 g/mol. The quantitative estimate of drug-likeness (QED) is 0.730. The molecule has 29 heavy (non-hydrogen) atoms. The Labute approximate surface area is 181 Å². The molecule has 0 N–H and O–H groups in total. The number of hydrogen-bond donors (Lipinski definition) is 0. The molecule has 2 saturated heterocycles. The van der Waals surface area contributed by atoms with Crippen LogP contribution in [0.1, 0.15) is 35.3 Å². The number of aromatic nitrogens is 2. The van der Waals surface area contributed by atoms with E-state index in [1.54, 1.807) is 18.2 Å². The van der Waals surface area contributed by atoms with Crippen LogP contribution in [0.15, 0.2) is 24.3 Å². The van der Waals surface area contributed by atoms with Gasteiger partial charge in [-0.15, -0.1) is 0 Å². The number of amides is 1. The molecule has 0 saturated carbocycles. The molecule has 1 aromatic carbocycles. The summed E-state index contributed by atoms with van der Waals surface area (Å²) in [6.07, 6.45) is 3.72. The van der Waals surface area contributed by atoms with Gasteiger partial charge >= 0.3 is 0 Å². The fourth-order valence-corrected chi connectivity index (χ4v) is 4.27. The molecule has 0 radical (unpaired) electrons. The predicted octanol–water partition coefficient (Wildman–Crippen LogP) is 4.04. The Hall–Kier alpha value is -2.05. The second-order valence-corrected chi connectivity index (χ2v) is 8.46. The SMILES string of the molecule is Cc1cc(N2CCCCC2)nc(N2CCN(C(=O)c3cc(Cl)ccc3Cl)CC2)n1. The molecule has 8 heteroatoms. The van der Waals surface area contributed by atoms with Crippen molar-refractivity contribution in [2.24, 2.45) is 0 Å². The van der Waals surface area contributed by atoms with Gasteiger partial charge in [-0.05, 0) is 44.4 Å². The molecule has 4 rings (SSSR count). The molecule has 0 aliphatic carbocycles. The second-order valence-electron chi connectivity index (χ2n) is 7.62. The Morgan fingerprint density at radius 1 is 0.897 bits per heavy atom. The summed E-state index contributed by atoms with van der Waals surface area (Å²) in [5.74, 6) is 1.67. The summed E-state index contributed by atoms with van der Waals surface area (Å²) in [5, 5.41) is 0.935. The lowest BCUT2D eigenvalue weighted by atomic mass is 10.1. The van der Waals surface area contributed by atoms with Crippen molar-refractivity contribution in [3.05, 3.63) is 45.6 Å². The lowest BCUT2D eigenvalue weighted by Gasteiger charge is -2.35. The van der Waals surface area contributed by atoms with E-state index < -0.39 is 0 Å². The number of rotatable bonds is 3. The van der Waals surface area contributed by atoms with Gasteiger partial charge in [0.1, 0.15) is 5.82 Å². The van der Waals surface area contributed by atoms with E-state index in [-0.39, 0.29) is 5.91 Å². The number of aryl methyl sites for hydroxylation is 1. The Kier molecular flexibility index (Phi) is 6.11. The van der Waals surface area contributed by atoms with Crippen LogP contribution in [-0.4, -0.2) is 60.0 Å². The van der Waals surface area contributed by atoms with Crippen LogP contribution in [0.3, 0.4) is 0 Å². The van der Waals surface area contributed by atoms with Gasteiger partial charge in [0.05, 0.1) is 10.6 Å². The van der Waals surface area contributed by atoms with Crippen LogP contribution in [0, 0.1) is 6.92 Å². The van der Waals surface area contributed by atoms with Crippen LogP contribution < -0.4 is 9.80 Å². The van der Waals surface area contributed by atoms with E-state index in [4.69, 9.17) is 28.2 Å². The fourth-order valence-electron chi connectivity index (χ4n) is 3.90. The first-order chi connectivity index (χ1) is 14.0. The minimum Gasteiger partial charge on any atom is -0.356 e. The molecule has 154 valence electrons. The van der Waals surface area contributed by atoms with Crippen LogP contribution in [0.2, 0.25) is 10.0 Å². The first-order valence-electron chi connectivity index (χ1n) is 10.1. The zero-order valence-electron chi connectivity index (χ0n) is 16.6. The van der Waals surface area contributed by atoms with Crippen molar-refractivity contribution in [1.82, 2.24) is 14.9 Å². The molecule has 0 spiro atoms. The number of piperidine rings is 1. The highest BCUT2D eigenvalue weighted by Gasteiger charge is 2.26. The van der Waals surface area contributed by atoms with Gasteiger partial charge in [-0.2, -0.15) is 4.98 Å². The number of benzene rings is 1. The molecule has 2 aliphatic heterocycles. The third kappa shape index (κ3) is 4.59. The minimum absolute atomic E-state index is 0.0867. The molecular formula is C21H25Cl2N5O. The van der Waals surface area contributed by atoms with Crippen molar-refractivity contribution in [3.8, 4) is 0 Å². The van der Waals surface area contributed by atoms with Crippen molar-refractivity contribution < 1.29 is 4.79 Å². The maximum Gasteiger partial charge on any atom is 0.255 e. The maximum atomic E-state index is 12.9. The van der Waals surface area contributed by atoms with E-state index >= 15 is 0 Å². The van der Waals surface area contributed by atoms with Crippen molar-refractivity contribution in [2.45, 2.75) is 26.2 Å². The molecule has 3 heterocycles. The largest absolute Gasteiger partial charge is 0.356 e. The topological polar surface area (TPSA) is 52.6 Å². The maximum absolute atomic E-state index is 12.9. The Morgan fingerprint density at radius 3 is 2.34 bits per heavy atom. The Bertz CT molecular complexity index is 893. The zero-order chi connectivity index (χ0) is 20.4. The summed E-state index contributed by atoms with van der Waals surface area (Å²) in [6.45, 7) is 6.69. The summed E-state index contributed by atoms with van der Waals surface area (Å²) in [5.41, 5.74) is 1.42. The first kappa shape index (κ1) is 20.2. The van der Waals surface area contributed by atoms with Crippen LogP contribution in [0.4, 0.5) is 11.8 Å². The number of carbonyl (C=O) groups is 1. The fraction of sp³-hybridized carbons (Fsp3) is 0.476. The molecule has 0 atom stereocenters. The summed E-state index contributed by atoms with van der Waals surface area (Å²) < 4.78 is 0. The van der Waals surface area contributed by atoms with E-state index in [9.17, 15) is 4.79 Å². The number of carbonyl (C=O) groups excluding carboxylic acids is 1. The Morgan fingerprint density at radius 2 is 1.62 bits per heavy atom. The number of halogens is 2. The van der Waals surface area contributed by atoms with E-state index in [0.29, 0.717) is 41.8 Å². The van der Waals surface area contributed by atoms with E-state index in [2.05, 4.69) is 20.9 Å². The van der Waals surface area contributed by atoms with Gasteiger partial charge in [0.15, 0.2) is 0 Å². The monoisotopic (exact) mass is 433 g/mol.